The van der Waals surface area contributed by atoms with Crippen LogP contribution in [0.15, 0.2) is 66.7 Å². The molecule has 33 heavy (non-hydrogen) atoms. The molecular weight excluding hydrogens is 418 g/mol. The van der Waals surface area contributed by atoms with Gasteiger partial charge in [-0.25, -0.2) is 0 Å². The Morgan fingerprint density at radius 2 is 1.55 bits per heavy atom. The largest absolute Gasteiger partial charge is 0.345 e. The van der Waals surface area contributed by atoms with E-state index in [1.54, 1.807) is 24.3 Å². The molecular formula is C26H25N3O4. The van der Waals surface area contributed by atoms with Gasteiger partial charge in [-0.05, 0) is 42.9 Å². The number of hydrogen-bond acceptors (Lipinski definition) is 4. The number of hydrogen-bond donors (Lipinski definition) is 2. The molecule has 2 aromatic rings. The molecule has 1 saturated carbocycles. The number of fused-ring (bicyclic) bond motifs is 5. The summed E-state index contributed by atoms with van der Waals surface area (Å²) in [5.41, 5.74) is 1.61. The molecule has 2 aromatic carbocycles. The van der Waals surface area contributed by atoms with Gasteiger partial charge in [0.2, 0.25) is 17.7 Å². The number of nitrogens with zero attached hydrogens (tertiary/aromatic N) is 1. The SMILES string of the molecule is C[C@H](NC(=O)c1ccccc1NC(=O)CN1C(=O)[C@@H]2[C@@H](C1=O)[C@H]1C=C[C@H]2C1)c1ccccc1. The monoisotopic (exact) mass is 443 g/mol. The van der Waals surface area contributed by atoms with Crippen LogP contribution in [0.3, 0.4) is 0 Å². The number of imide groups is 1. The van der Waals surface area contributed by atoms with Gasteiger partial charge in [-0.15, -0.1) is 0 Å². The first-order valence-electron chi connectivity index (χ1n) is 11.2. The Balaban J connectivity index is 1.26. The smallest absolute Gasteiger partial charge is 0.253 e. The van der Waals surface area contributed by atoms with Crippen LogP contribution in [-0.4, -0.2) is 35.1 Å². The van der Waals surface area contributed by atoms with Gasteiger partial charge in [0.1, 0.15) is 6.54 Å². The zero-order valence-corrected chi connectivity index (χ0v) is 18.2. The van der Waals surface area contributed by atoms with Crippen molar-refractivity contribution >= 4 is 29.3 Å². The van der Waals surface area contributed by atoms with Crippen LogP contribution in [0.4, 0.5) is 5.69 Å². The topological polar surface area (TPSA) is 95.6 Å². The summed E-state index contributed by atoms with van der Waals surface area (Å²) in [5.74, 6) is -1.84. The fraction of sp³-hybridized carbons (Fsp3) is 0.308. The standard InChI is InChI=1S/C26H25N3O4/c1-15(16-7-3-2-4-8-16)27-24(31)19-9-5-6-10-20(19)28-21(30)14-29-25(32)22-17-11-12-18(13-17)23(22)26(29)33/h2-12,15,17-18,22-23H,13-14H2,1H3,(H,27,31)(H,28,30)/t15-,17-,18-,22-,23-/m0/s1. The molecule has 0 aromatic heterocycles. The average Bonchev–Trinajstić information content (AvgIpc) is 3.50. The van der Waals surface area contributed by atoms with E-state index in [-0.39, 0.29) is 54.0 Å². The quantitative estimate of drug-likeness (QED) is 0.530. The van der Waals surface area contributed by atoms with E-state index in [2.05, 4.69) is 10.6 Å². The van der Waals surface area contributed by atoms with Crippen LogP contribution in [0.5, 0.6) is 0 Å². The van der Waals surface area contributed by atoms with Crippen LogP contribution in [0.25, 0.3) is 0 Å². The number of allylic oxidation sites excluding steroid dienone is 2. The van der Waals surface area contributed by atoms with E-state index in [0.717, 1.165) is 16.9 Å². The van der Waals surface area contributed by atoms with Gasteiger partial charge in [0.05, 0.1) is 29.1 Å². The summed E-state index contributed by atoms with van der Waals surface area (Å²) >= 11 is 0. The average molecular weight is 444 g/mol. The van der Waals surface area contributed by atoms with Crippen LogP contribution < -0.4 is 10.6 Å². The predicted molar refractivity (Wildman–Crippen MR) is 122 cm³/mol. The predicted octanol–water partition coefficient (Wildman–Crippen LogP) is 2.92. The van der Waals surface area contributed by atoms with E-state index in [0.29, 0.717) is 11.3 Å². The summed E-state index contributed by atoms with van der Waals surface area (Å²) in [6, 6.07) is 16.1. The molecule has 3 aliphatic rings. The minimum absolute atomic E-state index is 0.0977. The minimum Gasteiger partial charge on any atom is -0.345 e. The Bertz CT molecular complexity index is 1130. The number of benzene rings is 2. The molecule has 2 fully saturated rings. The number of amides is 4. The first kappa shape index (κ1) is 21.1. The Morgan fingerprint density at radius 1 is 0.939 bits per heavy atom. The Hall–Kier alpha value is -3.74. The van der Waals surface area contributed by atoms with E-state index < -0.39 is 5.91 Å². The Labute approximate surface area is 191 Å². The second kappa shape index (κ2) is 8.31. The summed E-state index contributed by atoms with van der Waals surface area (Å²) in [4.78, 5) is 52.4. The van der Waals surface area contributed by atoms with Crippen molar-refractivity contribution in [3.63, 3.8) is 0 Å². The van der Waals surface area contributed by atoms with Gasteiger partial charge in [0, 0.05) is 0 Å². The van der Waals surface area contributed by atoms with E-state index >= 15 is 0 Å². The number of anilines is 1. The number of likely N-dealkylation sites (tertiary alicyclic amines) is 1. The number of para-hydroxylation sites is 1. The van der Waals surface area contributed by atoms with Gasteiger partial charge in [0.25, 0.3) is 5.91 Å². The van der Waals surface area contributed by atoms with Crippen molar-refractivity contribution in [1.29, 1.82) is 0 Å². The normalized spacial score (nSPS) is 25.8. The molecule has 7 nitrogen and oxygen atoms in total. The highest BCUT2D eigenvalue weighted by Gasteiger charge is 2.59. The van der Waals surface area contributed by atoms with Crippen LogP contribution in [0.1, 0.15) is 35.3 Å². The minimum atomic E-state index is -0.506. The van der Waals surface area contributed by atoms with E-state index in [1.165, 1.54) is 0 Å². The Kier molecular flexibility index (Phi) is 5.32. The van der Waals surface area contributed by atoms with E-state index in [9.17, 15) is 19.2 Å². The highest BCUT2D eigenvalue weighted by Crippen LogP contribution is 2.52. The van der Waals surface area contributed by atoms with Crippen LogP contribution >= 0.6 is 0 Å². The molecule has 168 valence electrons. The van der Waals surface area contributed by atoms with Gasteiger partial charge in [-0.2, -0.15) is 0 Å². The third-order valence-corrected chi connectivity index (χ3v) is 6.96. The van der Waals surface area contributed by atoms with Crippen LogP contribution in [0, 0.1) is 23.7 Å². The molecule has 1 saturated heterocycles. The molecule has 0 spiro atoms. The molecule has 0 unspecified atom stereocenters. The van der Waals surface area contributed by atoms with Gasteiger partial charge < -0.3 is 10.6 Å². The molecule has 0 radical (unpaired) electrons. The van der Waals surface area contributed by atoms with Gasteiger partial charge in [0.15, 0.2) is 0 Å². The lowest BCUT2D eigenvalue weighted by Gasteiger charge is -2.18. The maximum Gasteiger partial charge on any atom is 0.253 e. The molecule has 1 heterocycles. The lowest BCUT2D eigenvalue weighted by Crippen LogP contribution is -2.39. The number of carbonyl (C=O) groups is 4. The van der Waals surface area contributed by atoms with Crippen molar-refractivity contribution in [3.05, 3.63) is 77.9 Å². The molecule has 1 aliphatic heterocycles. The fourth-order valence-electron chi connectivity index (χ4n) is 5.34. The molecule has 5 rings (SSSR count). The van der Waals surface area contributed by atoms with Gasteiger partial charge >= 0.3 is 0 Å². The second-order valence-electron chi connectivity index (χ2n) is 8.96. The number of carbonyl (C=O) groups excluding carboxylic acids is 4. The second-order valence-corrected chi connectivity index (χ2v) is 8.96. The lowest BCUT2D eigenvalue weighted by atomic mass is 9.85. The van der Waals surface area contributed by atoms with Crippen molar-refractivity contribution in [3.8, 4) is 0 Å². The third-order valence-electron chi connectivity index (χ3n) is 6.96. The maximum absolute atomic E-state index is 12.9. The zero-order chi connectivity index (χ0) is 23.1. The fourth-order valence-corrected chi connectivity index (χ4v) is 5.34. The summed E-state index contributed by atoms with van der Waals surface area (Å²) in [7, 11) is 0. The number of rotatable bonds is 6. The molecule has 5 atom stereocenters. The number of nitrogens with one attached hydrogen (secondary N) is 2. The molecule has 2 N–H and O–H groups in total. The highest BCUT2D eigenvalue weighted by molar-refractivity contribution is 6.10. The van der Waals surface area contributed by atoms with Crippen molar-refractivity contribution in [2.75, 3.05) is 11.9 Å². The van der Waals surface area contributed by atoms with Crippen molar-refractivity contribution in [2.24, 2.45) is 23.7 Å². The van der Waals surface area contributed by atoms with E-state index in [4.69, 9.17) is 0 Å². The van der Waals surface area contributed by atoms with Gasteiger partial charge in [-0.3, -0.25) is 24.1 Å². The maximum atomic E-state index is 12.9. The molecule has 2 aliphatic carbocycles. The summed E-state index contributed by atoms with van der Waals surface area (Å²) < 4.78 is 0. The summed E-state index contributed by atoms with van der Waals surface area (Å²) in [5, 5.41) is 5.66. The molecule has 4 amide bonds. The van der Waals surface area contributed by atoms with Gasteiger partial charge in [-0.1, -0.05) is 54.6 Å². The van der Waals surface area contributed by atoms with Crippen molar-refractivity contribution in [1.82, 2.24) is 10.2 Å². The molecule has 7 heteroatoms. The summed E-state index contributed by atoms with van der Waals surface area (Å²) in [6.45, 7) is 1.54. The first-order chi connectivity index (χ1) is 15.9. The van der Waals surface area contributed by atoms with E-state index in [1.807, 2.05) is 49.4 Å². The van der Waals surface area contributed by atoms with Crippen LogP contribution in [-0.2, 0) is 14.4 Å². The molecule has 2 bridgehead atoms. The van der Waals surface area contributed by atoms with Crippen molar-refractivity contribution < 1.29 is 19.2 Å². The summed E-state index contributed by atoms with van der Waals surface area (Å²) in [6.07, 6.45) is 4.88. The zero-order valence-electron chi connectivity index (χ0n) is 18.2. The Morgan fingerprint density at radius 3 is 2.21 bits per heavy atom. The van der Waals surface area contributed by atoms with Crippen molar-refractivity contribution in [2.45, 2.75) is 19.4 Å². The lowest BCUT2D eigenvalue weighted by molar-refractivity contribution is -0.143. The third kappa shape index (κ3) is 3.73. The first-order valence-corrected chi connectivity index (χ1v) is 11.2. The van der Waals surface area contributed by atoms with Crippen LogP contribution in [0.2, 0.25) is 0 Å². The highest BCUT2D eigenvalue weighted by atomic mass is 16.2.